The fourth-order valence-electron chi connectivity index (χ4n) is 0.700. The maximum Gasteiger partial charge on any atom is 0.575 e. The molecular formula is C7H7F3N4O2. The molecule has 0 aliphatic carbocycles. The minimum absolute atomic E-state index is 0.0227. The zero-order valence-corrected chi connectivity index (χ0v) is 7.86. The standard InChI is InChI=1S/C7H7F3N4O2/c1-2-3-15-5-12-4(11)13-6(14-5)16-7(8,9)10/h2H,1,3H2,(H2,11,12,13,14). The van der Waals surface area contributed by atoms with Gasteiger partial charge in [-0.05, 0) is 0 Å². The summed E-state index contributed by atoms with van der Waals surface area (Å²) in [7, 11) is 0. The highest BCUT2D eigenvalue weighted by Crippen LogP contribution is 2.20. The zero-order chi connectivity index (χ0) is 12.2. The average Bonchev–Trinajstić information content (AvgIpc) is 2.10. The number of hydrogen-bond donors (Lipinski definition) is 1. The van der Waals surface area contributed by atoms with Crippen LogP contribution in [0.1, 0.15) is 0 Å². The molecule has 2 N–H and O–H groups in total. The van der Waals surface area contributed by atoms with Crippen LogP contribution in [0.3, 0.4) is 0 Å². The number of rotatable bonds is 4. The van der Waals surface area contributed by atoms with Gasteiger partial charge in [-0.2, -0.15) is 9.97 Å². The quantitative estimate of drug-likeness (QED) is 0.782. The van der Waals surface area contributed by atoms with Gasteiger partial charge in [0, 0.05) is 0 Å². The molecule has 0 aliphatic heterocycles. The third-order valence-electron chi connectivity index (χ3n) is 1.15. The van der Waals surface area contributed by atoms with Gasteiger partial charge in [0.1, 0.15) is 6.61 Å². The molecule has 0 unspecified atom stereocenters. The van der Waals surface area contributed by atoms with Gasteiger partial charge >= 0.3 is 18.4 Å². The summed E-state index contributed by atoms with van der Waals surface area (Å²) >= 11 is 0. The predicted molar refractivity (Wildman–Crippen MR) is 46.6 cm³/mol. The van der Waals surface area contributed by atoms with Crippen LogP contribution in [0.2, 0.25) is 0 Å². The van der Waals surface area contributed by atoms with Crippen LogP contribution in [-0.4, -0.2) is 27.9 Å². The number of anilines is 1. The molecule has 0 saturated heterocycles. The first-order valence-electron chi connectivity index (χ1n) is 3.91. The number of nitrogens with zero attached hydrogens (tertiary/aromatic N) is 3. The molecule has 0 saturated carbocycles. The van der Waals surface area contributed by atoms with Gasteiger partial charge in [0.25, 0.3) is 0 Å². The molecule has 0 bridgehead atoms. The summed E-state index contributed by atoms with van der Waals surface area (Å²) in [6, 6.07) is -1.34. The summed E-state index contributed by atoms with van der Waals surface area (Å²) < 4.78 is 43.7. The summed E-state index contributed by atoms with van der Waals surface area (Å²) in [5.74, 6) is -0.437. The van der Waals surface area contributed by atoms with E-state index in [-0.39, 0.29) is 12.6 Å². The Hall–Kier alpha value is -2.06. The Balaban J connectivity index is 2.85. The molecule has 9 heteroatoms. The van der Waals surface area contributed by atoms with Crippen molar-refractivity contribution in [1.82, 2.24) is 15.0 Å². The minimum Gasteiger partial charge on any atom is -0.459 e. The summed E-state index contributed by atoms with van der Waals surface area (Å²) in [6.45, 7) is 3.36. The Morgan fingerprint density at radius 1 is 1.25 bits per heavy atom. The molecule has 1 aromatic rings. The second-order valence-corrected chi connectivity index (χ2v) is 2.41. The van der Waals surface area contributed by atoms with E-state index in [9.17, 15) is 13.2 Å². The lowest BCUT2D eigenvalue weighted by atomic mass is 10.7. The van der Waals surface area contributed by atoms with E-state index in [1.165, 1.54) is 6.08 Å². The second kappa shape index (κ2) is 4.64. The second-order valence-electron chi connectivity index (χ2n) is 2.41. The van der Waals surface area contributed by atoms with E-state index in [0.29, 0.717) is 0 Å². The number of ether oxygens (including phenoxy) is 2. The van der Waals surface area contributed by atoms with E-state index in [2.05, 4.69) is 26.3 Å². The van der Waals surface area contributed by atoms with Crippen LogP contribution in [-0.2, 0) is 0 Å². The maximum atomic E-state index is 11.8. The third-order valence-corrected chi connectivity index (χ3v) is 1.15. The largest absolute Gasteiger partial charge is 0.575 e. The van der Waals surface area contributed by atoms with Crippen molar-refractivity contribution in [3.63, 3.8) is 0 Å². The topological polar surface area (TPSA) is 83.2 Å². The fraction of sp³-hybridized carbons (Fsp3) is 0.286. The van der Waals surface area contributed by atoms with Crippen LogP contribution < -0.4 is 15.2 Å². The predicted octanol–water partition coefficient (Wildman–Crippen LogP) is 0.917. The van der Waals surface area contributed by atoms with E-state index in [4.69, 9.17) is 10.5 Å². The summed E-state index contributed by atoms with van der Waals surface area (Å²) in [5, 5.41) is 0. The van der Waals surface area contributed by atoms with Crippen LogP contribution in [0.25, 0.3) is 0 Å². The molecule has 0 aromatic carbocycles. The molecular weight excluding hydrogens is 229 g/mol. The average molecular weight is 236 g/mol. The molecule has 1 aromatic heterocycles. The molecule has 16 heavy (non-hydrogen) atoms. The molecule has 0 fully saturated rings. The molecule has 1 heterocycles. The number of hydrogen-bond acceptors (Lipinski definition) is 6. The smallest absolute Gasteiger partial charge is 0.459 e. The first-order valence-corrected chi connectivity index (χ1v) is 3.91. The van der Waals surface area contributed by atoms with Crippen molar-refractivity contribution in [2.75, 3.05) is 12.3 Å². The lowest BCUT2D eigenvalue weighted by Crippen LogP contribution is -2.19. The normalized spacial score (nSPS) is 10.9. The van der Waals surface area contributed by atoms with Gasteiger partial charge in [0.05, 0.1) is 0 Å². The lowest BCUT2D eigenvalue weighted by Gasteiger charge is -2.08. The highest BCUT2D eigenvalue weighted by atomic mass is 19.4. The fourth-order valence-corrected chi connectivity index (χ4v) is 0.700. The highest BCUT2D eigenvalue weighted by molar-refractivity contribution is 5.20. The Morgan fingerprint density at radius 3 is 2.44 bits per heavy atom. The van der Waals surface area contributed by atoms with Gasteiger partial charge < -0.3 is 15.2 Å². The van der Waals surface area contributed by atoms with E-state index in [1.807, 2.05) is 0 Å². The molecule has 0 spiro atoms. The molecule has 1 rings (SSSR count). The number of aromatic nitrogens is 3. The number of nitrogens with two attached hydrogens (primary N) is 1. The van der Waals surface area contributed by atoms with Crippen molar-refractivity contribution in [2.45, 2.75) is 6.36 Å². The van der Waals surface area contributed by atoms with Crippen molar-refractivity contribution in [3.05, 3.63) is 12.7 Å². The van der Waals surface area contributed by atoms with Gasteiger partial charge in [0.15, 0.2) is 0 Å². The summed E-state index contributed by atoms with van der Waals surface area (Å²) in [6.07, 6.45) is -3.53. The molecule has 6 nitrogen and oxygen atoms in total. The van der Waals surface area contributed by atoms with Crippen molar-refractivity contribution in [3.8, 4) is 12.0 Å². The monoisotopic (exact) mass is 236 g/mol. The van der Waals surface area contributed by atoms with E-state index in [1.54, 1.807) is 0 Å². The van der Waals surface area contributed by atoms with Crippen LogP contribution in [0.5, 0.6) is 12.0 Å². The Bertz CT molecular complexity index is 382. The van der Waals surface area contributed by atoms with Crippen molar-refractivity contribution < 1.29 is 22.6 Å². The Labute approximate surface area is 87.9 Å². The van der Waals surface area contributed by atoms with Gasteiger partial charge in [-0.25, -0.2) is 0 Å². The van der Waals surface area contributed by atoms with Crippen molar-refractivity contribution >= 4 is 5.95 Å². The van der Waals surface area contributed by atoms with E-state index < -0.39 is 18.3 Å². The van der Waals surface area contributed by atoms with Gasteiger partial charge in [-0.3, -0.25) is 0 Å². The third kappa shape index (κ3) is 3.98. The number of alkyl halides is 3. The van der Waals surface area contributed by atoms with Crippen LogP contribution >= 0.6 is 0 Å². The Kier molecular flexibility index (Phi) is 3.48. The number of nitrogen functional groups attached to an aromatic ring is 1. The number of halogens is 3. The summed E-state index contributed by atoms with van der Waals surface area (Å²) in [4.78, 5) is 9.82. The first-order chi connectivity index (χ1) is 7.40. The van der Waals surface area contributed by atoms with E-state index >= 15 is 0 Å². The maximum absolute atomic E-state index is 11.8. The SMILES string of the molecule is C=CCOc1nc(N)nc(OC(F)(F)F)n1. The van der Waals surface area contributed by atoms with Gasteiger partial charge in [0.2, 0.25) is 5.95 Å². The van der Waals surface area contributed by atoms with Crippen LogP contribution in [0, 0.1) is 0 Å². The Morgan fingerprint density at radius 2 is 1.88 bits per heavy atom. The molecule has 0 radical (unpaired) electrons. The summed E-state index contributed by atoms with van der Waals surface area (Å²) in [5.41, 5.74) is 5.13. The van der Waals surface area contributed by atoms with E-state index in [0.717, 1.165) is 0 Å². The molecule has 0 amide bonds. The van der Waals surface area contributed by atoms with Crippen molar-refractivity contribution in [1.29, 1.82) is 0 Å². The first kappa shape index (κ1) is 12.0. The van der Waals surface area contributed by atoms with Crippen LogP contribution in [0.4, 0.5) is 19.1 Å². The molecule has 0 aliphatic rings. The highest BCUT2D eigenvalue weighted by Gasteiger charge is 2.33. The lowest BCUT2D eigenvalue weighted by molar-refractivity contribution is -0.277. The van der Waals surface area contributed by atoms with Gasteiger partial charge in [-0.15, -0.1) is 18.2 Å². The minimum atomic E-state index is -4.90. The van der Waals surface area contributed by atoms with Crippen molar-refractivity contribution in [2.24, 2.45) is 0 Å². The zero-order valence-electron chi connectivity index (χ0n) is 7.86. The van der Waals surface area contributed by atoms with Gasteiger partial charge in [-0.1, -0.05) is 12.7 Å². The molecule has 88 valence electrons. The van der Waals surface area contributed by atoms with Crippen LogP contribution in [0.15, 0.2) is 12.7 Å². The molecule has 0 atom stereocenters.